The van der Waals surface area contributed by atoms with Crippen LogP contribution in [-0.4, -0.2) is 44.1 Å². The lowest BCUT2D eigenvalue weighted by molar-refractivity contribution is -0.118. The van der Waals surface area contributed by atoms with E-state index in [0.717, 1.165) is 51.1 Å². The number of nitrogens with one attached hydrogen (secondary N) is 3. The Morgan fingerprint density at radius 3 is 2.65 bits per heavy atom. The van der Waals surface area contributed by atoms with Crippen molar-refractivity contribution in [1.82, 2.24) is 15.8 Å². The fourth-order valence-corrected chi connectivity index (χ4v) is 5.47. The van der Waals surface area contributed by atoms with E-state index < -0.39 is 0 Å². The third-order valence-corrected chi connectivity index (χ3v) is 7.47. The van der Waals surface area contributed by atoms with Crippen LogP contribution in [0.15, 0.2) is 54.6 Å². The molecular formula is C25H32N4O2. The standard InChI is InChI=1S/C25H32N4O2/c1-31-22-10-6-5-9-21(22)27-24(30)20-15-25(20)11-13-29(14-12-25)17-19-16-26-28-23(19)18-7-3-2-4-8-18/h2-10,19-20,23,26,28H,11-17H2,1H3,(H,27,30). The molecule has 3 N–H and O–H groups in total. The maximum atomic E-state index is 12.9. The molecule has 6 nitrogen and oxygen atoms in total. The number of carbonyl (C=O) groups is 1. The SMILES string of the molecule is COc1ccccc1NC(=O)C1CC12CCN(CC1CNNC1c1ccccc1)CC2. The number of amides is 1. The third-order valence-electron chi connectivity index (χ3n) is 7.47. The minimum Gasteiger partial charge on any atom is -0.495 e. The van der Waals surface area contributed by atoms with Crippen molar-refractivity contribution in [3.05, 3.63) is 60.2 Å². The minimum absolute atomic E-state index is 0.131. The van der Waals surface area contributed by atoms with Gasteiger partial charge in [-0.1, -0.05) is 42.5 Å². The highest BCUT2D eigenvalue weighted by Crippen LogP contribution is 2.59. The number of likely N-dealkylation sites (tertiary alicyclic amines) is 1. The first kappa shape index (κ1) is 20.5. The molecule has 1 saturated carbocycles. The van der Waals surface area contributed by atoms with Gasteiger partial charge in [0, 0.05) is 24.9 Å². The highest BCUT2D eigenvalue weighted by atomic mass is 16.5. The zero-order chi connectivity index (χ0) is 21.3. The van der Waals surface area contributed by atoms with Crippen molar-refractivity contribution in [3.8, 4) is 5.75 Å². The molecule has 1 amide bonds. The average molecular weight is 421 g/mol. The minimum atomic E-state index is 0.131. The number of methoxy groups -OCH3 is 1. The summed E-state index contributed by atoms with van der Waals surface area (Å²) in [5.74, 6) is 1.55. The van der Waals surface area contributed by atoms with Crippen molar-refractivity contribution in [3.63, 3.8) is 0 Å². The van der Waals surface area contributed by atoms with Gasteiger partial charge in [-0.2, -0.15) is 0 Å². The van der Waals surface area contributed by atoms with Crippen LogP contribution in [0.5, 0.6) is 5.75 Å². The fourth-order valence-electron chi connectivity index (χ4n) is 5.47. The van der Waals surface area contributed by atoms with Gasteiger partial charge < -0.3 is 15.0 Å². The normalized spacial score (nSPS) is 27.2. The second-order valence-electron chi connectivity index (χ2n) is 9.28. The Kier molecular flexibility index (Phi) is 5.69. The number of benzene rings is 2. The van der Waals surface area contributed by atoms with Crippen LogP contribution < -0.4 is 20.9 Å². The van der Waals surface area contributed by atoms with Crippen molar-refractivity contribution in [1.29, 1.82) is 0 Å². The number of piperidine rings is 1. The smallest absolute Gasteiger partial charge is 0.228 e. The highest BCUT2D eigenvalue weighted by molar-refractivity contribution is 5.96. The molecule has 5 rings (SSSR count). The van der Waals surface area contributed by atoms with Crippen molar-refractivity contribution in [2.75, 3.05) is 38.6 Å². The molecular weight excluding hydrogens is 388 g/mol. The summed E-state index contributed by atoms with van der Waals surface area (Å²) in [4.78, 5) is 15.5. The zero-order valence-electron chi connectivity index (χ0n) is 18.1. The Hall–Kier alpha value is -2.41. The van der Waals surface area contributed by atoms with E-state index in [0.29, 0.717) is 17.7 Å². The molecule has 3 atom stereocenters. The summed E-state index contributed by atoms with van der Waals surface area (Å²) in [5.41, 5.74) is 9.13. The number of hydrogen-bond acceptors (Lipinski definition) is 5. The summed E-state index contributed by atoms with van der Waals surface area (Å²) in [6.07, 6.45) is 3.24. The molecule has 1 spiro atoms. The molecule has 0 radical (unpaired) electrons. The quantitative estimate of drug-likeness (QED) is 0.670. The first-order chi connectivity index (χ1) is 15.2. The molecule has 2 aromatic carbocycles. The molecule has 1 aliphatic carbocycles. The average Bonchev–Trinajstić information content (AvgIpc) is 3.31. The van der Waals surface area contributed by atoms with Crippen LogP contribution in [-0.2, 0) is 4.79 Å². The Bertz CT molecular complexity index is 911. The van der Waals surface area contributed by atoms with E-state index in [4.69, 9.17) is 4.74 Å². The van der Waals surface area contributed by atoms with Crippen LogP contribution in [0.25, 0.3) is 0 Å². The van der Waals surface area contributed by atoms with Gasteiger partial charge in [-0.05, 0) is 55.5 Å². The van der Waals surface area contributed by atoms with E-state index in [1.165, 1.54) is 5.56 Å². The number of anilines is 1. The molecule has 0 bridgehead atoms. The molecule has 0 aromatic heterocycles. The van der Waals surface area contributed by atoms with Crippen molar-refractivity contribution >= 4 is 11.6 Å². The largest absolute Gasteiger partial charge is 0.495 e. The van der Waals surface area contributed by atoms with Crippen LogP contribution in [0.1, 0.15) is 30.9 Å². The molecule has 3 fully saturated rings. The van der Waals surface area contributed by atoms with Crippen LogP contribution in [0.2, 0.25) is 0 Å². The number of nitrogens with zero attached hydrogens (tertiary/aromatic N) is 1. The summed E-state index contributed by atoms with van der Waals surface area (Å²) in [6, 6.07) is 18.7. The number of hydrogen-bond donors (Lipinski definition) is 3. The first-order valence-corrected chi connectivity index (χ1v) is 11.4. The van der Waals surface area contributed by atoms with Crippen molar-refractivity contribution in [2.45, 2.75) is 25.3 Å². The lowest BCUT2D eigenvalue weighted by Gasteiger charge is -2.35. The molecule has 2 saturated heterocycles. The Balaban J connectivity index is 1.14. The number of ether oxygens (including phenoxy) is 1. The van der Waals surface area contributed by atoms with E-state index >= 15 is 0 Å². The van der Waals surface area contributed by atoms with Crippen molar-refractivity contribution in [2.24, 2.45) is 17.3 Å². The summed E-state index contributed by atoms with van der Waals surface area (Å²) in [6.45, 7) is 4.24. The summed E-state index contributed by atoms with van der Waals surface area (Å²) < 4.78 is 5.37. The van der Waals surface area contributed by atoms with Crippen molar-refractivity contribution < 1.29 is 9.53 Å². The van der Waals surface area contributed by atoms with Gasteiger partial charge >= 0.3 is 0 Å². The Labute approximate surface area is 184 Å². The zero-order valence-corrected chi connectivity index (χ0v) is 18.1. The molecule has 3 aliphatic rings. The second-order valence-corrected chi connectivity index (χ2v) is 9.28. The van der Waals surface area contributed by atoms with Gasteiger partial charge in [0.25, 0.3) is 0 Å². The van der Waals surface area contributed by atoms with Crippen LogP contribution in [0.3, 0.4) is 0 Å². The van der Waals surface area contributed by atoms with Gasteiger partial charge in [0.15, 0.2) is 0 Å². The molecule has 2 aliphatic heterocycles. The predicted octanol–water partition coefficient (Wildman–Crippen LogP) is 3.20. The molecule has 6 heteroatoms. The van der Waals surface area contributed by atoms with Crippen LogP contribution in [0, 0.1) is 17.3 Å². The summed E-state index contributed by atoms with van der Waals surface area (Å²) in [5, 5.41) is 3.09. The van der Waals surface area contributed by atoms with E-state index in [1.807, 2.05) is 24.3 Å². The summed E-state index contributed by atoms with van der Waals surface area (Å²) in [7, 11) is 1.64. The third kappa shape index (κ3) is 4.20. The molecule has 3 unspecified atom stereocenters. The highest BCUT2D eigenvalue weighted by Gasteiger charge is 2.58. The maximum absolute atomic E-state index is 12.9. The van der Waals surface area contributed by atoms with E-state index in [9.17, 15) is 4.79 Å². The molecule has 31 heavy (non-hydrogen) atoms. The summed E-state index contributed by atoms with van der Waals surface area (Å²) >= 11 is 0. The Morgan fingerprint density at radius 2 is 1.87 bits per heavy atom. The first-order valence-electron chi connectivity index (χ1n) is 11.4. The Morgan fingerprint density at radius 1 is 1.13 bits per heavy atom. The maximum Gasteiger partial charge on any atom is 0.228 e. The van der Waals surface area contributed by atoms with E-state index in [1.54, 1.807) is 7.11 Å². The predicted molar refractivity (Wildman–Crippen MR) is 122 cm³/mol. The van der Waals surface area contributed by atoms with Crippen LogP contribution >= 0.6 is 0 Å². The van der Waals surface area contributed by atoms with Gasteiger partial charge in [-0.3, -0.25) is 10.2 Å². The number of rotatable bonds is 6. The van der Waals surface area contributed by atoms with Crippen LogP contribution in [0.4, 0.5) is 5.69 Å². The topological polar surface area (TPSA) is 65.6 Å². The number of para-hydroxylation sites is 2. The van der Waals surface area contributed by atoms with E-state index in [-0.39, 0.29) is 17.2 Å². The molecule has 164 valence electrons. The monoisotopic (exact) mass is 420 g/mol. The number of hydrazine groups is 1. The fraction of sp³-hybridized carbons (Fsp3) is 0.480. The lowest BCUT2D eigenvalue weighted by Crippen LogP contribution is -2.40. The second kappa shape index (κ2) is 8.61. The molecule has 2 aromatic rings. The van der Waals surface area contributed by atoms with Gasteiger partial charge in [0.05, 0.1) is 18.8 Å². The van der Waals surface area contributed by atoms with Gasteiger partial charge in [-0.25, -0.2) is 5.43 Å². The number of carbonyl (C=O) groups excluding carboxylic acids is 1. The van der Waals surface area contributed by atoms with Gasteiger partial charge in [0.2, 0.25) is 5.91 Å². The van der Waals surface area contributed by atoms with E-state index in [2.05, 4.69) is 51.4 Å². The molecule has 2 heterocycles. The van der Waals surface area contributed by atoms with Gasteiger partial charge in [-0.15, -0.1) is 0 Å². The lowest BCUT2D eigenvalue weighted by atomic mass is 9.88. The van der Waals surface area contributed by atoms with Gasteiger partial charge in [0.1, 0.15) is 5.75 Å².